The lowest BCUT2D eigenvalue weighted by Gasteiger charge is -2.17. The highest BCUT2D eigenvalue weighted by molar-refractivity contribution is 7.91. The van der Waals surface area contributed by atoms with Gasteiger partial charge in [-0.1, -0.05) is 26.8 Å². The number of ether oxygens (including phenoxy) is 1. The Morgan fingerprint density at radius 3 is 2.62 bits per heavy atom. The van der Waals surface area contributed by atoms with Crippen LogP contribution in [0.25, 0.3) is 0 Å². The van der Waals surface area contributed by atoms with Gasteiger partial charge in [-0.05, 0) is 24.1 Å². The normalized spacial score (nSPS) is 16.4. The first kappa shape index (κ1) is 13.0. The van der Waals surface area contributed by atoms with E-state index in [9.17, 15) is 8.42 Å². The van der Waals surface area contributed by atoms with E-state index < -0.39 is 9.84 Å². The summed E-state index contributed by atoms with van der Waals surface area (Å²) in [5.74, 6) is 0.584. The molecule has 1 aliphatic heterocycles. The van der Waals surface area contributed by atoms with Gasteiger partial charge in [0.05, 0.1) is 5.75 Å². The SMILES string of the molecule is CC.CCc1ccc2c(c1)S(=O)(=O)CCO2. The van der Waals surface area contributed by atoms with Gasteiger partial charge in [-0.3, -0.25) is 0 Å². The minimum Gasteiger partial charge on any atom is -0.491 e. The number of benzene rings is 1. The summed E-state index contributed by atoms with van der Waals surface area (Å²) in [6, 6.07) is 5.36. The Morgan fingerprint density at radius 2 is 2.00 bits per heavy atom. The summed E-state index contributed by atoms with van der Waals surface area (Å²) >= 11 is 0. The first-order valence-electron chi connectivity index (χ1n) is 5.62. The number of hydrogen-bond donors (Lipinski definition) is 0. The third-order valence-corrected chi connectivity index (χ3v) is 4.05. The van der Waals surface area contributed by atoms with Gasteiger partial charge in [0.25, 0.3) is 0 Å². The molecule has 1 aromatic rings. The molecule has 4 heteroatoms. The van der Waals surface area contributed by atoms with Crippen molar-refractivity contribution in [1.82, 2.24) is 0 Å². The average molecular weight is 242 g/mol. The van der Waals surface area contributed by atoms with E-state index in [-0.39, 0.29) is 12.4 Å². The fourth-order valence-electron chi connectivity index (χ4n) is 1.51. The van der Waals surface area contributed by atoms with Crippen molar-refractivity contribution >= 4 is 9.84 Å². The highest BCUT2D eigenvalue weighted by atomic mass is 32.2. The molecule has 0 saturated heterocycles. The van der Waals surface area contributed by atoms with Crippen molar-refractivity contribution in [2.45, 2.75) is 32.1 Å². The first-order chi connectivity index (χ1) is 7.63. The highest BCUT2D eigenvalue weighted by Crippen LogP contribution is 2.29. The summed E-state index contributed by atoms with van der Waals surface area (Å²) in [5.41, 5.74) is 1.03. The van der Waals surface area contributed by atoms with E-state index in [2.05, 4.69) is 0 Å². The maximum Gasteiger partial charge on any atom is 0.185 e. The van der Waals surface area contributed by atoms with Gasteiger partial charge < -0.3 is 4.74 Å². The molecule has 90 valence electrons. The van der Waals surface area contributed by atoms with Gasteiger partial charge in [-0.2, -0.15) is 0 Å². The maximum atomic E-state index is 11.7. The molecule has 16 heavy (non-hydrogen) atoms. The average Bonchev–Trinajstić information content (AvgIpc) is 2.31. The largest absolute Gasteiger partial charge is 0.491 e. The summed E-state index contributed by atoms with van der Waals surface area (Å²) in [7, 11) is -3.10. The molecule has 1 heterocycles. The summed E-state index contributed by atoms with van der Waals surface area (Å²) < 4.78 is 28.6. The minimum absolute atomic E-state index is 0.0904. The van der Waals surface area contributed by atoms with Gasteiger partial charge in [0, 0.05) is 0 Å². The molecule has 1 aliphatic rings. The molecule has 0 aliphatic carbocycles. The molecule has 3 nitrogen and oxygen atoms in total. The lowest BCUT2D eigenvalue weighted by Crippen LogP contribution is -2.21. The fraction of sp³-hybridized carbons (Fsp3) is 0.500. The van der Waals surface area contributed by atoms with E-state index in [0.717, 1.165) is 12.0 Å². The summed E-state index contributed by atoms with van der Waals surface area (Å²) in [6.07, 6.45) is 0.836. The quantitative estimate of drug-likeness (QED) is 0.759. The van der Waals surface area contributed by atoms with Crippen molar-refractivity contribution in [3.63, 3.8) is 0 Å². The van der Waals surface area contributed by atoms with E-state index in [1.165, 1.54) is 0 Å². The predicted octanol–water partition coefficient (Wildman–Crippen LogP) is 2.44. The second-order valence-corrected chi connectivity index (χ2v) is 5.38. The monoisotopic (exact) mass is 242 g/mol. The zero-order valence-electron chi connectivity index (χ0n) is 9.99. The van der Waals surface area contributed by atoms with Gasteiger partial charge in [0.1, 0.15) is 17.3 Å². The van der Waals surface area contributed by atoms with Crippen molar-refractivity contribution in [2.24, 2.45) is 0 Å². The fourth-order valence-corrected chi connectivity index (χ4v) is 2.79. The molecule has 0 radical (unpaired) electrons. The Kier molecular flexibility index (Phi) is 4.35. The van der Waals surface area contributed by atoms with Crippen LogP contribution in [0, 0.1) is 0 Å². The van der Waals surface area contributed by atoms with E-state index in [1.54, 1.807) is 12.1 Å². The van der Waals surface area contributed by atoms with Crippen LogP contribution in [-0.2, 0) is 16.3 Å². The highest BCUT2D eigenvalue weighted by Gasteiger charge is 2.24. The third kappa shape index (κ3) is 2.55. The molecule has 0 bridgehead atoms. The Morgan fingerprint density at radius 1 is 1.31 bits per heavy atom. The van der Waals surface area contributed by atoms with Crippen LogP contribution in [0.2, 0.25) is 0 Å². The molecule has 0 amide bonds. The lowest BCUT2D eigenvalue weighted by molar-refractivity contribution is 0.322. The van der Waals surface area contributed by atoms with E-state index in [4.69, 9.17) is 4.74 Å². The van der Waals surface area contributed by atoms with Crippen molar-refractivity contribution in [3.8, 4) is 5.75 Å². The Hall–Kier alpha value is -1.03. The number of rotatable bonds is 1. The maximum absolute atomic E-state index is 11.7. The molecule has 0 aromatic heterocycles. The topological polar surface area (TPSA) is 43.4 Å². The molecule has 0 spiro atoms. The minimum atomic E-state index is -3.10. The van der Waals surface area contributed by atoms with Gasteiger partial charge in [-0.25, -0.2) is 8.42 Å². The van der Waals surface area contributed by atoms with E-state index >= 15 is 0 Å². The lowest BCUT2D eigenvalue weighted by atomic mass is 10.2. The van der Waals surface area contributed by atoms with Gasteiger partial charge in [-0.15, -0.1) is 0 Å². The van der Waals surface area contributed by atoms with Crippen LogP contribution in [0.5, 0.6) is 5.75 Å². The molecule has 0 atom stereocenters. The first-order valence-corrected chi connectivity index (χ1v) is 7.27. The van der Waals surface area contributed by atoms with Gasteiger partial charge in [0.15, 0.2) is 9.84 Å². The molecule has 0 unspecified atom stereocenters. The Bertz CT molecular complexity index is 449. The molecular weight excluding hydrogens is 224 g/mol. The van der Waals surface area contributed by atoms with Crippen molar-refractivity contribution in [1.29, 1.82) is 0 Å². The van der Waals surface area contributed by atoms with Crippen LogP contribution in [0.15, 0.2) is 23.1 Å². The zero-order valence-corrected chi connectivity index (χ0v) is 10.8. The molecule has 0 saturated carbocycles. The van der Waals surface area contributed by atoms with E-state index in [1.807, 2.05) is 26.8 Å². The van der Waals surface area contributed by atoms with Crippen LogP contribution in [0.3, 0.4) is 0 Å². The predicted molar refractivity (Wildman–Crippen MR) is 64.7 cm³/mol. The molecule has 0 N–H and O–H groups in total. The smallest absolute Gasteiger partial charge is 0.185 e. The Balaban J connectivity index is 0.000000606. The van der Waals surface area contributed by atoms with Gasteiger partial charge >= 0.3 is 0 Å². The molecule has 0 fully saturated rings. The number of aryl methyl sites for hydroxylation is 1. The molecule has 1 aromatic carbocycles. The van der Waals surface area contributed by atoms with Crippen LogP contribution < -0.4 is 4.74 Å². The second kappa shape index (κ2) is 5.34. The summed E-state index contributed by atoms with van der Waals surface area (Å²) in [6.45, 7) is 6.26. The van der Waals surface area contributed by atoms with Gasteiger partial charge in [0.2, 0.25) is 0 Å². The van der Waals surface area contributed by atoms with Crippen LogP contribution in [-0.4, -0.2) is 20.8 Å². The van der Waals surface area contributed by atoms with Crippen LogP contribution in [0.4, 0.5) is 0 Å². The molecular formula is C12H18O3S. The van der Waals surface area contributed by atoms with Crippen molar-refractivity contribution in [2.75, 3.05) is 12.4 Å². The summed E-state index contributed by atoms with van der Waals surface area (Å²) in [5, 5.41) is 0. The van der Waals surface area contributed by atoms with Crippen LogP contribution in [0.1, 0.15) is 26.3 Å². The number of hydrogen-bond acceptors (Lipinski definition) is 3. The standard InChI is InChI=1S/C10H12O3S.C2H6/c1-2-8-3-4-9-10(7-8)14(11,12)6-5-13-9;1-2/h3-4,7H,2,5-6H2,1H3;1-2H3. The Labute approximate surface area is 97.4 Å². The van der Waals surface area contributed by atoms with Crippen molar-refractivity contribution in [3.05, 3.63) is 23.8 Å². The molecule has 2 rings (SSSR count). The summed E-state index contributed by atoms with van der Waals surface area (Å²) in [4.78, 5) is 0.350. The van der Waals surface area contributed by atoms with Crippen LogP contribution >= 0.6 is 0 Å². The zero-order chi connectivity index (χ0) is 12.2. The second-order valence-electron chi connectivity index (χ2n) is 3.30. The number of fused-ring (bicyclic) bond motifs is 1. The van der Waals surface area contributed by atoms with Crippen molar-refractivity contribution < 1.29 is 13.2 Å². The third-order valence-electron chi connectivity index (χ3n) is 2.36. The number of sulfone groups is 1. The van der Waals surface area contributed by atoms with E-state index in [0.29, 0.717) is 10.6 Å².